The van der Waals surface area contributed by atoms with E-state index < -0.39 is 0 Å². The summed E-state index contributed by atoms with van der Waals surface area (Å²) in [7, 11) is 3.68. The summed E-state index contributed by atoms with van der Waals surface area (Å²) in [5, 5.41) is 0.482. The van der Waals surface area contributed by atoms with Crippen LogP contribution in [0, 0.1) is 6.92 Å². The van der Waals surface area contributed by atoms with Crippen molar-refractivity contribution in [3.63, 3.8) is 0 Å². The minimum absolute atomic E-state index is 0.482. The lowest BCUT2D eigenvalue weighted by molar-refractivity contribution is 0.196. The standard InChI is InChI=1S/C10H16ClN3O/c1-8-12-9(11)7-10(13-8)14(2)5-4-6-15-3/h7H,4-6H2,1-3H3. The van der Waals surface area contributed by atoms with Gasteiger partial charge in [0.1, 0.15) is 16.8 Å². The second-order valence-corrected chi connectivity index (χ2v) is 3.75. The summed E-state index contributed by atoms with van der Waals surface area (Å²) in [5.74, 6) is 1.54. The van der Waals surface area contributed by atoms with Crippen LogP contribution in [0.25, 0.3) is 0 Å². The maximum atomic E-state index is 5.85. The molecule has 0 radical (unpaired) electrons. The quantitative estimate of drug-likeness (QED) is 0.571. The van der Waals surface area contributed by atoms with Crippen molar-refractivity contribution in [1.29, 1.82) is 0 Å². The molecule has 0 bridgehead atoms. The van der Waals surface area contributed by atoms with E-state index >= 15 is 0 Å². The first-order valence-corrected chi connectivity index (χ1v) is 5.22. The molecular weight excluding hydrogens is 214 g/mol. The van der Waals surface area contributed by atoms with Gasteiger partial charge in [-0.1, -0.05) is 11.6 Å². The number of hydrogen-bond acceptors (Lipinski definition) is 4. The van der Waals surface area contributed by atoms with Crippen LogP contribution in [0.5, 0.6) is 0 Å². The molecule has 84 valence electrons. The lowest BCUT2D eigenvalue weighted by atomic mass is 10.4. The lowest BCUT2D eigenvalue weighted by Gasteiger charge is -2.18. The van der Waals surface area contributed by atoms with Crippen molar-refractivity contribution in [3.05, 3.63) is 17.0 Å². The number of aromatic nitrogens is 2. The third-order valence-corrected chi connectivity index (χ3v) is 2.22. The molecular formula is C10H16ClN3O. The molecule has 5 heteroatoms. The average Bonchev–Trinajstić information content (AvgIpc) is 2.16. The number of anilines is 1. The van der Waals surface area contributed by atoms with Gasteiger partial charge in [-0.15, -0.1) is 0 Å². The number of nitrogens with zero attached hydrogens (tertiary/aromatic N) is 3. The molecule has 0 aliphatic rings. The largest absolute Gasteiger partial charge is 0.385 e. The van der Waals surface area contributed by atoms with Crippen LogP contribution >= 0.6 is 11.6 Å². The van der Waals surface area contributed by atoms with Crippen LogP contribution < -0.4 is 4.90 Å². The number of aryl methyl sites for hydroxylation is 1. The first kappa shape index (κ1) is 12.2. The van der Waals surface area contributed by atoms with Gasteiger partial charge in [-0.3, -0.25) is 0 Å². The van der Waals surface area contributed by atoms with E-state index in [1.54, 1.807) is 13.2 Å². The molecule has 0 unspecified atom stereocenters. The van der Waals surface area contributed by atoms with E-state index in [1.165, 1.54) is 0 Å². The molecule has 0 saturated heterocycles. The number of methoxy groups -OCH3 is 1. The lowest BCUT2D eigenvalue weighted by Crippen LogP contribution is -2.21. The minimum Gasteiger partial charge on any atom is -0.385 e. The van der Waals surface area contributed by atoms with Crippen molar-refractivity contribution >= 4 is 17.4 Å². The summed E-state index contributed by atoms with van der Waals surface area (Å²) < 4.78 is 4.99. The highest BCUT2D eigenvalue weighted by atomic mass is 35.5. The Bertz CT molecular complexity index is 299. The van der Waals surface area contributed by atoms with Gasteiger partial charge in [0.15, 0.2) is 0 Å². The van der Waals surface area contributed by atoms with Gasteiger partial charge in [-0.25, -0.2) is 9.97 Å². The van der Waals surface area contributed by atoms with Gasteiger partial charge < -0.3 is 9.64 Å². The predicted octanol–water partition coefficient (Wildman–Crippen LogP) is 1.91. The summed E-state index contributed by atoms with van der Waals surface area (Å²) in [6, 6.07) is 1.77. The summed E-state index contributed by atoms with van der Waals surface area (Å²) >= 11 is 5.85. The minimum atomic E-state index is 0.482. The summed E-state index contributed by atoms with van der Waals surface area (Å²) in [6.07, 6.45) is 0.966. The Morgan fingerprint density at radius 1 is 1.47 bits per heavy atom. The van der Waals surface area contributed by atoms with Crippen LogP contribution in [0.3, 0.4) is 0 Å². The molecule has 1 aromatic heterocycles. The highest BCUT2D eigenvalue weighted by Crippen LogP contribution is 2.14. The van der Waals surface area contributed by atoms with Crippen molar-refractivity contribution in [3.8, 4) is 0 Å². The van der Waals surface area contributed by atoms with E-state index in [9.17, 15) is 0 Å². The molecule has 1 rings (SSSR count). The molecule has 0 saturated carbocycles. The smallest absolute Gasteiger partial charge is 0.134 e. The van der Waals surface area contributed by atoms with Crippen molar-refractivity contribution in [1.82, 2.24) is 9.97 Å². The van der Waals surface area contributed by atoms with Crippen LogP contribution in [0.4, 0.5) is 5.82 Å². The van der Waals surface area contributed by atoms with Crippen molar-refractivity contribution in [2.24, 2.45) is 0 Å². The molecule has 0 aromatic carbocycles. The van der Waals surface area contributed by atoms with E-state index in [0.717, 1.165) is 25.4 Å². The van der Waals surface area contributed by atoms with Gasteiger partial charge in [0.2, 0.25) is 0 Å². The van der Waals surface area contributed by atoms with Gasteiger partial charge in [0, 0.05) is 33.4 Å². The topological polar surface area (TPSA) is 38.2 Å². The van der Waals surface area contributed by atoms with E-state index in [4.69, 9.17) is 16.3 Å². The zero-order valence-electron chi connectivity index (χ0n) is 9.33. The van der Waals surface area contributed by atoms with Gasteiger partial charge in [-0.05, 0) is 13.3 Å². The van der Waals surface area contributed by atoms with E-state index in [1.807, 2.05) is 18.9 Å². The Morgan fingerprint density at radius 3 is 2.80 bits per heavy atom. The Kier molecular flexibility index (Phi) is 4.78. The molecule has 0 spiro atoms. The second kappa shape index (κ2) is 5.88. The number of halogens is 1. The molecule has 0 N–H and O–H groups in total. The molecule has 0 atom stereocenters. The molecule has 0 amide bonds. The van der Waals surface area contributed by atoms with Gasteiger partial charge in [0.05, 0.1) is 0 Å². The third-order valence-electron chi connectivity index (χ3n) is 2.03. The maximum Gasteiger partial charge on any atom is 0.134 e. The second-order valence-electron chi connectivity index (χ2n) is 3.36. The highest BCUT2D eigenvalue weighted by molar-refractivity contribution is 6.29. The summed E-state index contributed by atoms with van der Waals surface area (Å²) in [4.78, 5) is 10.4. The SMILES string of the molecule is COCCCN(C)c1cc(Cl)nc(C)n1. The van der Waals surface area contributed by atoms with Gasteiger partial charge in [-0.2, -0.15) is 0 Å². The van der Waals surface area contributed by atoms with Crippen LogP contribution in [0.1, 0.15) is 12.2 Å². The first-order chi connectivity index (χ1) is 7.13. The van der Waals surface area contributed by atoms with E-state index in [2.05, 4.69) is 9.97 Å². The van der Waals surface area contributed by atoms with Crippen molar-refractivity contribution < 1.29 is 4.74 Å². The highest BCUT2D eigenvalue weighted by Gasteiger charge is 2.04. The van der Waals surface area contributed by atoms with Crippen molar-refractivity contribution in [2.45, 2.75) is 13.3 Å². The van der Waals surface area contributed by atoms with Crippen LogP contribution in [0.2, 0.25) is 5.15 Å². The zero-order valence-corrected chi connectivity index (χ0v) is 10.1. The molecule has 1 aromatic rings. The third kappa shape index (κ3) is 4.01. The van der Waals surface area contributed by atoms with Crippen LogP contribution in [-0.4, -0.2) is 37.3 Å². The van der Waals surface area contributed by atoms with Crippen LogP contribution in [0.15, 0.2) is 6.07 Å². The number of hydrogen-bond donors (Lipinski definition) is 0. The fourth-order valence-electron chi connectivity index (χ4n) is 1.27. The van der Waals surface area contributed by atoms with Gasteiger partial charge in [0.25, 0.3) is 0 Å². The normalized spacial score (nSPS) is 10.4. The molecule has 1 heterocycles. The Morgan fingerprint density at radius 2 is 2.20 bits per heavy atom. The fraction of sp³-hybridized carbons (Fsp3) is 0.600. The molecule has 15 heavy (non-hydrogen) atoms. The number of rotatable bonds is 5. The van der Waals surface area contributed by atoms with Crippen molar-refractivity contribution in [2.75, 3.05) is 32.2 Å². The monoisotopic (exact) mass is 229 g/mol. The molecule has 0 aliphatic heterocycles. The Labute approximate surface area is 95.2 Å². The maximum absolute atomic E-state index is 5.85. The first-order valence-electron chi connectivity index (χ1n) is 4.84. The summed E-state index contributed by atoms with van der Waals surface area (Å²) in [5.41, 5.74) is 0. The van der Waals surface area contributed by atoms with E-state index in [-0.39, 0.29) is 0 Å². The molecule has 0 fully saturated rings. The average molecular weight is 230 g/mol. The predicted molar refractivity (Wildman–Crippen MR) is 61.5 cm³/mol. The Hall–Kier alpha value is -0.870. The fourth-order valence-corrected chi connectivity index (χ4v) is 1.49. The molecule has 4 nitrogen and oxygen atoms in total. The molecule has 0 aliphatic carbocycles. The number of ether oxygens (including phenoxy) is 1. The van der Waals surface area contributed by atoms with E-state index in [0.29, 0.717) is 11.0 Å². The summed E-state index contributed by atoms with van der Waals surface area (Å²) in [6.45, 7) is 3.47. The Balaban J connectivity index is 2.60. The van der Waals surface area contributed by atoms with Crippen LogP contribution in [-0.2, 0) is 4.74 Å². The van der Waals surface area contributed by atoms with Gasteiger partial charge >= 0.3 is 0 Å². The zero-order chi connectivity index (χ0) is 11.3.